The summed E-state index contributed by atoms with van der Waals surface area (Å²) in [6, 6.07) is 0. The molecule has 2 N–H and O–H groups in total. The molecule has 18 heavy (non-hydrogen) atoms. The van der Waals surface area contributed by atoms with E-state index >= 15 is 0 Å². The fourth-order valence-electron chi connectivity index (χ4n) is 5.17. The van der Waals surface area contributed by atoms with E-state index in [2.05, 4.69) is 20.8 Å². The molecule has 3 aliphatic rings. The second-order valence-corrected chi connectivity index (χ2v) is 7.21. The molecule has 0 aromatic heterocycles. The average molecular weight is 250 g/mol. The minimum absolute atomic E-state index is 0.0106. The Morgan fingerprint density at radius 1 is 1.39 bits per heavy atom. The van der Waals surface area contributed by atoms with Crippen LogP contribution in [-0.4, -0.2) is 22.3 Å². The van der Waals surface area contributed by atoms with Crippen molar-refractivity contribution in [1.29, 1.82) is 0 Å². The van der Waals surface area contributed by atoms with Crippen LogP contribution in [0.2, 0.25) is 0 Å². The highest BCUT2D eigenvalue weighted by molar-refractivity contribution is 5.88. The Balaban J connectivity index is 2.11. The second-order valence-electron chi connectivity index (χ2n) is 7.21. The molecule has 3 nitrogen and oxygen atoms in total. The van der Waals surface area contributed by atoms with Crippen molar-refractivity contribution < 1.29 is 15.0 Å². The van der Waals surface area contributed by atoms with Gasteiger partial charge >= 0.3 is 5.97 Å². The molecule has 0 bridgehead atoms. The van der Waals surface area contributed by atoms with Crippen molar-refractivity contribution in [3.63, 3.8) is 0 Å². The van der Waals surface area contributed by atoms with Crippen molar-refractivity contribution in [3.05, 3.63) is 11.6 Å². The normalized spacial score (nSPS) is 48.8. The van der Waals surface area contributed by atoms with E-state index in [4.69, 9.17) is 0 Å². The van der Waals surface area contributed by atoms with Crippen LogP contribution in [0.25, 0.3) is 0 Å². The highest BCUT2D eigenvalue weighted by Gasteiger charge is 2.67. The van der Waals surface area contributed by atoms with Gasteiger partial charge < -0.3 is 10.2 Å². The average Bonchev–Trinajstić information content (AvgIpc) is 2.79. The molecule has 0 aliphatic heterocycles. The Morgan fingerprint density at radius 3 is 2.67 bits per heavy atom. The lowest BCUT2D eigenvalue weighted by Gasteiger charge is -2.36. The van der Waals surface area contributed by atoms with Crippen LogP contribution >= 0.6 is 0 Å². The third kappa shape index (κ3) is 1.21. The predicted octanol–water partition coefficient (Wildman–Crippen LogP) is 2.45. The second kappa shape index (κ2) is 3.38. The lowest BCUT2D eigenvalue weighted by Crippen LogP contribution is -2.33. The summed E-state index contributed by atoms with van der Waals surface area (Å²) < 4.78 is 0. The maximum absolute atomic E-state index is 11.4. The van der Waals surface area contributed by atoms with Crippen LogP contribution in [0.5, 0.6) is 0 Å². The van der Waals surface area contributed by atoms with Crippen molar-refractivity contribution in [2.75, 3.05) is 0 Å². The van der Waals surface area contributed by atoms with Crippen LogP contribution in [0, 0.1) is 28.6 Å². The van der Waals surface area contributed by atoms with Gasteiger partial charge in [-0.2, -0.15) is 0 Å². The van der Waals surface area contributed by atoms with Crippen LogP contribution in [0.3, 0.4) is 0 Å². The molecule has 5 atom stereocenters. The highest BCUT2D eigenvalue weighted by atomic mass is 16.4. The van der Waals surface area contributed by atoms with Gasteiger partial charge in [-0.05, 0) is 41.9 Å². The topological polar surface area (TPSA) is 57.5 Å². The molecule has 2 fully saturated rings. The fourth-order valence-corrected chi connectivity index (χ4v) is 5.17. The Labute approximate surface area is 108 Å². The minimum atomic E-state index is -0.784. The molecule has 0 saturated heterocycles. The summed E-state index contributed by atoms with van der Waals surface area (Å²) >= 11 is 0. The summed E-state index contributed by atoms with van der Waals surface area (Å²) in [5.41, 5.74) is 0.484. The van der Waals surface area contributed by atoms with Crippen molar-refractivity contribution >= 4 is 5.97 Å². The van der Waals surface area contributed by atoms with E-state index in [0.717, 1.165) is 19.3 Å². The Kier molecular flexibility index (Phi) is 2.30. The molecule has 0 unspecified atom stereocenters. The molecule has 0 amide bonds. The molecule has 0 aromatic rings. The Bertz CT molecular complexity index is 437. The number of aliphatic hydroxyl groups excluding tert-OH is 1. The van der Waals surface area contributed by atoms with Crippen molar-refractivity contribution in [2.24, 2.45) is 28.6 Å². The highest BCUT2D eigenvalue weighted by Crippen LogP contribution is 2.70. The van der Waals surface area contributed by atoms with Crippen LogP contribution in [-0.2, 0) is 4.79 Å². The number of aliphatic carboxylic acids is 1. The molecule has 1 spiro atoms. The molecular formula is C15H22O3. The fraction of sp³-hybridized carbons (Fsp3) is 0.800. The van der Waals surface area contributed by atoms with E-state index in [0.29, 0.717) is 11.5 Å². The first-order valence-corrected chi connectivity index (χ1v) is 6.94. The van der Waals surface area contributed by atoms with Crippen molar-refractivity contribution in [2.45, 2.75) is 46.1 Å². The van der Waals surface area contributed by atoms with Gasteiger partial charge in [-0.25, -0.2) is 4.79 Å². The SMILES string of the molecule is C[C@H]1CC[C@@H]2C(C(=O)O)=C[C@H]3[C@H](O)C(C)(C)C[C@]213. The molecular weight excluding hydrogens is 228 g/mol. The molecule has 2 saturated carbocycles. The number of hydrogen-bond donors (Lipinski definition) is 2. The van der Waals surface area contributed by atoms with Crippen LogP contribution in [0.4, 0.5) is 0 Å². The van der Waals surface area contributed by atoms with Gasteiger partial charge in [0.2, 0.25) is 0 Å². The zero-order valence-corrected chi connectivity index (χ0v) is 11.3. The molecule has 3 rings (SSSR count). The van der Waals surface area contributed by atoms with Gasteiger partial charge in [0, 0.05) is 11.5 Å². The summed E-state index contributed by atoms with van der Waals surface area (Å²) in [6.07, 6.45) is 4.48. The zero-order valence-electron chi connectivity index (χ0n) is 11.3. The molecule has 0 radical (unpaired) electrons. The van der Waals surface area contributed by atoms with E-state index in [9.17, 15) is 15.0 Å². The quantitative estimate of drug-likeness (QED) is 0.751. The largest absolute Gasteiger partial charge is 0.478 e. The van der Waals surface area contributed by atoms with Crippen molar-refractivity contribution in [1.82, 2.24) is 0 Å². The van der Waals surface area contributed by atoms with Crippen LogP contribution in [0.1, 0.15) is 40.0 Å². The van der Waals surface area contributed by atoms with Gasteiger partial charge in [0.1, 0.15) is 0 Å². The maximum atomic E-state index is 11.4. The monoisotopic (exact) mass is 250 g/mol. The zero-order chi connectivity index (χ0) is 13.3. The van der Waals surface area contributed by atoms with Gasteiger partial charge in [-0.15, -0.1) is 0 Å². The van der Waals surface area contributed by atoms with E-state index in [1.165, 1.54) is 0 Å². The first-order valence-electron chi connectivity index (χ1n) is 6.94. The summed E-state index contributed by atoms with van der Waals surface area (Å²) in [7, 11) is 0. The number of carboxylic acids is 1. The number of hydrogen-bond acceptors (Lipinski definition) is 2. The maximum Gasteiger partial charge on any atom is 0.331 e. The van der Waals surface area contributed by atoms with Crippen LogP contribution in [0.15, 0.2) is 11.6 Å². The summed E-state index contributed by atoms with van der Waals surface area (Å²) in [5.74, 6) is -0.0718. The first kappa shape index (κ1) is 12.2. The lowest BCUT2D eigenvalue weighted by molar-refractivity contribution is -0.133. The summed E-state index contributed by atoms with van der Waals surface area (Å²) in [4.78, 5) is 11.4. The van der Waals surface area contributed by atoms with Gasteiger partial charge in [-0.1, -0.05) is 26.8 Å². The van der Waals surface area contributed by atoms with Crippen molar-refractivity contribution in [3.8, 4) is 0 Å². The smallest absolute Gasteiger partial charge is 0.331 e. The molecule has 3 heteroatoms. The molecule has 100 valence electrons. The molecule has 0 aromatic carbocycles. The summed E-state index contributed by atoms with van der Waals surface area (Å²) in [5, 5.41) is 19.9. The third-order valence-electron chi connectivity index (χ3n) is 5.96. The van der Waals surface area contributed by atoms with Gasteiger partial charge in [0.25, 0.3) is 0 Å². The molecule has 0 heterocycles. The van der Waals surface area contributed by atoms with E-state index in [-0.39, 0.29) is 22.7 Å². The summed E-state index contributed by atoms with van der Waals surface area (Å²) in [6.45, 7) is 6.46. The third-order valence-corrected chi connectivity index (χ3v) is 5.96. The number of aliphatic hydroxyl groups is 1. The van der Waals surface area contributed by atoms with Gasteiger partial charge in [0.05, 0.1) is 6.10 Å². The van der Waals surface area contributed by atoms with Gasteiger partial charge in [0.15, 0.2) is 0 Å². The van der Waals surface area contributed by atoms with E-state index < -0.39 is 12.1 Å². The standard InChI is InChI=1S/C15H22O3/c1-8-4-5-10-9(13(17)18)6-11-12(16)14(2,3)7-15(8,10)11/h6,8,10-12,16H,4-5,7H2,1-3H3,(H,17,18)/t8-,10+,11-,12-,15+/m0/s1. The minimum Gasteiger partial charge on any atom is -0.478 e. The predicted molar refractivity (Wildman–Crippen MR) is 67.9 cm³/mol. The lowest BCUT2D eigenvalue weighted by atomic mass is 9.67. The van der Waals surface area contributed by atoms with E-state index in [1.807, 2.05) is 6.08 Å². The Morgan fingerprint density at radius 2 is 2.06 bits per heavy atom. The Hall–Kier alpha value is -0.830. The number of rotatable bonds is 1. The number of carbonyl (C=O) groups is 1. The van der Waals surface area contributed by atoms with Crippen LogP contribution < -0.4 is 0 Å². The first-order chi connectivity index (χ1) is 8.30. The van der Waals surface area contributed by atoms with Gasteiger partial charge in [-0.3, -0.25) is 0 Å². The van der Waals surface area contributed by atoms with E-state index in [1.54, 1.807) is 0 Å². The number of carboxylic acid groups (broad SMARTS) is 1. The molecule has 3 aliphatic carbocycles.